The van der Waals surface area contributed by atoms with E-state index in [1.54, 1.807) is 0 Å². The lowest BCUT2D eigenvalue weighted by molar-refractivity contribution is 0.426. The summed E-state index contributed by atoms with van der Waals surface area (Å²) in [7, 11) is 0. The molecule has 1 rings (SSSR count). The second-order valence-electron chi connectivity index (χ2n) is 4.04. The van der Waals surface area contributed by atoms with E-state index < -0.39 is 0 Å². The molecule has 0 aromatic heterocycles. The van der Waals surface area contributed by atoms with Gasteiger partial charge in [0.15, 0.2) is 0 Å². The van der Waals surface area contributed by atoms with Crippen molar-refractivity contribution in [3.05, 3.63) is 35.6 Å². The average molecular weight is 195 g/mol. The molecule has 0 amide bonds. The molecule has 1 aromatic rings. The Morgan fingerprint density at radius 3 is 2.21 bits per heavy atom. The van der Waals surface area contributed by atoms with Crippen LogP contribution in [0.15, 0.2) is 24.3 Å². The molecule has 0 spiro atoms. The number of hydrogen-bond donors (Lipinski definition) is 1. The molecule has 0 heterocycles. The summed E-state index contributed by atoms with van der Waals surface area (Å²) >= 11 is 0. The second-order valence-corrected chi connectivity index (χ2v) is 4.04. The Morgan fingerprint density at radius 2 is 1.71 bits per heavy atom. The summed E-state index contributed by atoms with van der Waals surface area (Å²) in [6, 6.07) is 7.11. The van der Waals surface area contributed by atoms with Gasteiger partial charge in [-0.05, 0) is 30.5 Å². The molecule has 0 fully saturated rings. The Kier molecular flexibility index (Phi) is 4.08. The van der Waals surface area contributed by atoms with Gasteiger partial charge in [-0.15, -0.1) is 0 Å². The van der Waals surface area contributed by atoms with Gasteiger partial charge in [-0.1, -0.05) is 26.0 Å². The summed E-state index contributed by atoms with van der Waals surface area (Å²) in [5.74, 6) is 0.445. The fourth-order valence-corrected chi connectivity index (χ4v) is 1.12. The average Bonchev–Trinajstić information content (AvgIpc) is 2.16. The minimum atomic E-state index is -0.175. The normalized spacial score (nSPS) is 13.2. The highest BCUT2D eigenvalue weighted by Crippen LogP contribution is 2.05. The summed E-state index contributed by atoms with van der Waals surface area (Å²) in [5.41, 5.74) is 1.12. The SMILES string of the molecule is CC(C)[C@H](C)NCc1ccc(F)cc1. The predicted molar refractivity (Wildman–Crippen MR) is 57.5 cm³/mol. The third-order valence-corrected chi connectivity index (χ3v) is 2.54. The number of rotatable bonds is 4. The highest BCUT2D eigenvalue weighted by atomic mass is 19.1. The van der Waals surface area contributed by atoms with Crippen LogP contribution in [0.25, 0.3) is 0 Å². The van der Waals surface area contributed by atoms with Crippen LogP contribution < -0.4 is 5.32 Å². The number of halogens is 1. The molecule has 1 N–H and O–H groups in total. The van der Waals surface area contributed by atoms with E-state index >= 15 is 0 Å². The predicted octanol–water partition coefficient (Wildman–Crippen LogP) is 2.96. The second kappa shape index (κ2) is 5.11. The zero-order valence-electron chi connectivity index (χ0n) is 9.05. The van der Waals surface area contributed by atoms with Gasteiger partial charge < -0.3 is 5.32 Å². The standard InChI is InChI=1S/C12H18FN/c1-9(2)10(3)14-8-11-4-6-12(13)7-5-11/h4-7,9-10,14H,8H2,1-3H3/t10-/m0/s1. The van der Waals surface area contributed by atoms with Crippen LogP contribution in [-0.2, 0) is 6.54 Å². The minimum Gasteiger partial charge on any atom is -0.310 e. The van der Waals surface area contributed by atoms with Crippen LogP contribution in [0.1, 0.15) is 26.3 Å². The highest BCUT2D eigenvalue weighted by molar-refractivity contribution is 5.15. The molecule has 14 heavy (non-hydrogen) atoms. The molecule has 1 atom stereocenters. The van der Waals surface area contributed by atoms with Gasteiger partial charge in [-0.3, -0.25) is 0 Å². The maximum absolute atomic E-state index is 12.6. The van der Waals surface area contributed by atoms with Gasteiger partial charge >= 0.3 is 0 Å². The number of nitrogens with one attached hydrogen (secondary N) is 1. The van der Waals surface area contributed by atoms with Crippen LogP contribution in [-0.4, -0.2) is 6.04 Å². The Balaban J connectivity index is 2.42. The third-order valence-electron chi connectivity index (χ3n) is 2.54. The van der Waals surface area contributed by atoms with Gasteiger partial charge in [-0.2, -0.15) is 0 Å². The topological polar surface area (TPSA) is 12.0 Å². The van der Waals surface area contributed by atoms with E-state index in [-0.39, 0.29) is 5.82 Å². The maximum Gasteiger partial charge on any atom is 0.123 e. The maximum atomic E-state index is 12.6. The Labute approximate surface area is 85.3 Å². The van der Waals surface area contributed by atoms with Crippen LogP contribution in [0.4, 0.5) is 4.39 Å². The van der Waals surface area contributed by atoms with E-state index in [1.807, 2.05) is 12.1 Å². The molecule has 0 radical (unpaired) electrons. The third kappa shape index (κ3) is 3.46. The number of hydrogen-bond acceptors (Lipinski definition) is 1. The molecule has 0 aliphatic rings. The molecular formula is C12H18FN. The number of benzene rings is 1. The Morgan fingerprint density at radius 1 is 1.14 bits per heavy atom. The molecular weight excluding hydrogens is 177 g/mol. The van der Waals surface area contributed by atoms with Crippen molar-refractivity contribution < 1.29 is 4.39 Å². The van der Waals surface area contributed by atoms with Crippen LogP contribution in [0, 0.1) is 11.7 Å². The summed E-state index contributed by atoms with van der Waals surface area (Å²) in [4.78, 5) is 0. The van der Waals surface area contributed by atoms with Gasteiger partial charge in [-0.25, -0.2) is 4.39 Å². The molecule has 0 unspecified atom stereocenters. The van der Waals surface area contributed by atoms with Crippen molar-refractivity contribution in [1.29, 1.82) is 0 Å². The molecule has 2 heteroatoms. The zero-order valence-corrected chi connectivity index (χ0v) is 9.05. The van der Waals surface area contributed by atoms with Gasteiger partial charge in [0.25, 0.3) is 0 Å². The van der Waals surface area contributed by atoms with Gasteiger partial charge in [0.1, 0.15) is 5.82 Å². The smallest absolute Gasteiger partial charge is 0.123 e. The Hall–Kier alpha value is -0.890. The van der Waals surface area contributed by atoms with E-state index in [9.17, 15) is 4.39 Å². The molecule has 0 bridgehead atoms. The lowest BCUT2D eigenvalue weighted by Crippen LogP contribution is -2.30. The molecule has 1 nitrogen and oxygen atoms in total. The fourth-order valence-electron chi connectivity index (χ4n) is 1.12. The van der Waals surface area contributed by atoms with E-state index in [4.69, 9.17) is 0 Å². The van der Waals surface area contributed by atoms with Crippen LogP contribution >= 0.6 is 0 Å². The van der Waals surface area contributed by atoms with Crippen LogP contribution in [0.2, 0.25) is 0 Å². The van der Waals surface area contributed by atoms with E-state index in [0.717, 1.165) is 12.1 Å². The first kappa shape index (κ1) is 11.2. The van der Waals surface area contributed by atoms with Crippen molar-refractivity contribution in [3.8, 4) is 0 Å². The first-order valence-corrected chi connectivity index (χ1v) is 5.07. The van der Waals surface area contributed by atoms with Crippen molar-refractivity contribution in [2.45, 2.75) is 33.4 Å². The van der Waals surface area contributed by atoms with Gasteiger partial charge in [0.05, 0.1) is 0 Å². The van der Waals surface area contributed by atoms with Gasteiger partial charge in [0, 0.05) is 12.6 Å². The first-order chi connectivity index (χ1) is 6.59. The van der Waals surface area contributed by atoms with E-state index in [1.165, 1.54) is 12.1 Å². The first-order valence-electron chi connectivity index (χ1n) is 5.07. The highest BCUT2D eigenvalue weighted by Gasteiger charge is 2.05. The summed E-state index contributed by atoms with van der Waals surface area (Å²) in [6.07, 6.45) is 0. The van der Waals surface area contributed by atoms with E-state index in [0.29, 0.717) is 12.0 Å². The van der Waals surface area contributed by atoms with Gasteiger partial charge in [0.2, 0.25) is 0 Å². The lowest BCUT2D eigenvalue weighted by atomic mass is 10.1. The van der Waals surface area contributed by atoms with Crippen LogP contribution in [0.3, 0.4) is 0 Å². The molecule has 0 saturated carbocycles. The summed E-state index contributed by atoms with van der Waals surface area (Å²) in [6.45, 7) is 7.33. The largest absolute Gasteiger partial charge is 0.310 e. The van der Waals surface area contributed by atoms with Crippen molar-refractivity contribution in [3.63, 3.8) is 0 Å². The van der Waals surface area contributed by atoms with Crippen molar-refractivity contribution in [2.24, 2.45) is 5.92 Å². The summed E-state index contributed by atoms with van der Waals surface area (Å²) in [5, 5.41) is 3.40. The molecule has 1 aromatic carbocycles. The van der Waals surface area contributed by atoms with Crippen LogP contribution in [0.5, 0.6) is 0 Å². The quantitative estimate of drug-likeness (QED) is 0.778. The minimum absolute atomic E-state index is 0.175. The van der Waals surface area contributed by atoms with Crippen molar-refractivity contribution in [2.75, 3.05) is 0 Å². The lowest BCUT2D eigenvalue weighted by Gasteiger charge is -2.17. The molecule has 78 valence electrons. The summed E-state index contributed by atoms with van der Waals surface area (Å²) < 4.78 is 12.6. The molecule has 0 aliphatic carbocycles. The molecule has 0 saturated heterocycles. The molecule has 0 aliphatic heterocycles. The Bertz CT molecular complexity index is 266. The van der Waals surface area contributed by atoms with Crippen molar-refractivity contribution >= 4 is 0 Å². The zero-order chi connectivity index (χ0) is 10.6. The monoisotopic (exact) mass is 195 g/mol. The fraction of sp³-hybridized carbons (Fsp3) is 0.500. The van der Waals surface area contributed by atoms with E-state index in [2.05, 4.69) is 26.1 Å². The van der Waals surface area contributed by atoms with Crippen molar-refractivity contribution in [1.82, 2.24) is 5.32 Å².